The van der Waals surface area contributed by atoms with E-state index in [1.807, 2.05) is 37.4 Å². The van der Waals surface area contributed by atoms with Gasteiger partial charge in [0.2, 0.25) is 0 Å². The van der Waals surface area contributed by atoms with Gasteiger partial charge in [-0.1, -0.05) is 18.2 Å². The number of ether oxygens (including phenoxy) is 2. The van der Waals surface area contributed by atoms with Crippen molar-refractivity contribution < 1.29 is 9.47 Å². The summed E-state index contributed by atoms with van der Waals surface area (Å²) >= 11 is 0. The maximum Gasteiger partial charge on any atom is 0.119 e. The van der Waals surface area contributed by atoms with E-state index in [1.165, 1.54) is 0 Å². The maximum atomic E-state index is 5.71. The van der Waals surface area contributed by atoms with E-state index in [4.69, 9.17) is 9.47 Å². The second kappa shape index (κ2) is 7.07. The third kappa shape index (κ3) is 3.77. The molecule has 1 aliphatic heterocycles. The average Bonchev–Trinajstić information content (AvgIpc) is 2.46. The molecule has 0 saturated carbocycles. The molecule has 1 aliphatic rings. The Morgan fingerprint density at radius 2 is 2.17 bits per heavy atom. The van der Waals surface area contributed by atoms with Crippen molar-refractivity contribution in [3.05, 3.63) is 42.2 Å². The van der Waals surface area contributed by atoms with E-state index < -0.39 is 0 Å². The normalized spacial score (nSPS) is 16.6. The van der Waals surface area contributed by atoms with E-state index >= 15 is 0 Å². The predicted molar refractivity (Wildman–Crippen MR) is 72.7 cm³/mol. The van der Waals surface area contributed by atoms with Crippen LogP contribution in [0.1, 0.15) is 19.3 Å². The zero-order valence-electron chi connectivity index (χ0n) is 10.9. The fourth-order valence-electron chi connectivity index (χ4n) is 2.06. The van der Waals surface area contributed by atoms with Crippen LogP contribution in [0.4, 0.5) is 0 Å². The Kier molecular flexibility index (Phi) is 5.09. The summed E-state index contributed by atoms with van der Waals surface area (Å²) in [5.74, 6) is 1.99. The summed E-state index contributed by atoms with van der Waals surface area (Å²) in [6.45, 7) is 1.53. The van der Waals surface area contributed by atoms with Crippen LogP contribution in [0.3, 0.4) is 0 Å². The number of rotatable bonds is 6. The van der Waals surface area contributed by atoms with Crippen LogP contribution < -0.4 is 10.1 Å². The van der Waals surface area contributed by atoms with Crippen molar-refractivity contribution in [2.75, 3.05) is 20.3 Å². The van der Waals surface area contributed by atoms with Crippen LogP contribution in [-0.2, 0) is 4.74 Å². The van der Waals surface area contributed by atoms with Gasteiger partial charge in [0.25, 0.3) is 0 Å². The zero-order chi connectivity index (χ0) is 12.6. The predicted octanol–water partition coefficient (Wildman–Crippen LogP) is 2.74. The second-order valence-corrected chi connectivity index (χ2v) is 4.39. The molecule has 18 heavy (non-hydrogen) atoms. The molecule has 1 aromatic carbocycles. The van der Waals surface area contributed by atoms with Crippen molar-refractivity contribution >= 4 is 0 Å². The molecular formula is C15H21NO2. The highest BCUT2D eigenvalue weighted by molar-refractivity contribution is 5.20. The third-order valence-corrected chi connectivity index (χ3v) is 3.07. The van der Waals surface area contributed by atoms with E-state index in [-0.39, 0.29) is 6.04 Å². The van der Waals surface area contributed by atoms with Crippen LogP contribution in [0, 0.1) is 0 Å². The molecule has 3 heteroatoms. The van der Waals surface area contributed by atoms with E-state index in [9.17, 15) is 0 Å². The van der Waals surface area contributed by atoms with Gasteiger partial charge in [-0.25, -0.2) is 0 Å². The fourth-order valence-corrected chi connectivity index (χ4v) is 2.06. The van der Waals surface area contributed by atoms with Gasteiger partial charge < -0.3 is 14.8 Å². The van der Waals surface area contributed by atoms with Gasteiger partial charge in [0.15, 0.2) is 0 Å². The summed E-state index contributed by atoms with van der Waals surface area (Å²) in [6.07, 6.45) is 5.35. The first-order chi connectivity index (χ1) is 8.90. The molecule has 98 valence electrons. The summed E-state index contributed by atoms with van der Waals surface area (Å²) in [6, 6.07) is 10.2. The fraction of sp³-hybridized carbons (Fsp3) is 0.467. The molecule has 1 atom stereocenters. The SMILES string of the molecule is CNC(CCOc1ccccc1)C1=CCCCO1. The van der Waals surface area contributed by atoms with Crippen LogP contribution in [0.5, 0.6) is 5.75 Å². The van der Waals surface area contributed by atoms with E-state index in [0.29, 0.717) is 6.61 Å². The Bertz CT molecular complexity index is 375. The lowest BCUT2D eigenvalue weighted by atomic mass is 10.1. The number of benzene rings is 1. The van der Waals surface area contributed by atoms with Gasteiger partial charge >= 0.3 is 0 Å². The van der Waals surface area contributed by atoms with Crippen molar-refractivity contribution in [3.63, 3.8) is 0 Å². The number of likely N-dealkylation sites (N-methyl/N-ethyl adjacent to an activating group) is 1. The Hall–Kier alpha value is -1.48. The minimum absolute atomic E-state index is 0.258. The monoisotopic (exact) mass is 247 g/mol. The van der Waals surface area contributed by atoms with Crippen molar-refractivity contribution in [1.29, 1.82) is 0 Å². The highest BCUT2D eigenvalue weighted by Crippen LogP contribution is 2.16. The van der Waals surface area contributed by atoms with Gasteiger partial charge in [-0.15, -0.1) is 0 Å². The molecule has 1 N–H and O–H groups in total. The van der Waals surface area contributed by atoms with Crippen molar-refractivity contribution in [2.45, 2.75) is 25.3 Å². The summed E-state index contributed by atoms with van der Waals surface area (Å²) < 4.78 is 11.4. The van der Waals surface area contributed by atoms with Gasteiger partial charge in [0.05, 0.1) is 19.3 Å². The lowest BCUT2D eigenvalue weighted by Crippen LogP contribution is -2.31. The molecule has 3 nitrogen and oxygen atoms in total. The molecule has 0 bridgehead atoms. The van der Waals surface area contributed by atoms with Crippen LogP contribution >= 0.6 is 0 Å². The van der Waals surface area contributed by atoms with Crippen LogP contribution in [0.2, 0.25) is 0 Å². The molecule has 0 aliphatic carbocycles. The van der Waals surface area contributed by atoms with Crippen molar-refractivity contribution in [1.82, 2.24) is 5.32 Å². The molecule has 0 radical (unpaired) electrons. The van der Waals surface area contributed by atoms with Crippen LogP contribution in [-0.4, -0.2) is 26.3 Å². The highest BCUT2D eigenvalue weighted by atomic mass is 16.5. The van der Waals surface area contributed by atoms with Crippen LogP contribution in [0.15, 0.2) is 42.2 Å². The van der Waals surface area contributed by atoms with Gasteiger partial charge in [-0.05, 0) is 38.1 Å². The first-order valence-electron chi connectivity index (χ1n) is 6.58. The third-order valence-electron chi connectivity index (χ3n) is 3.07. The zero-order valence-corrected chi connectivity index (χ0v) is 10.9. The molecule has 0 spiro atoms. The number of nitrogens with one attached hydrogen (secondary N) is 1. The average molecular weight is 247 g/mol. The number of allylic oxidation sites excluding steroid dienone is 1. The first kappa shape index (κ1) is 13.0. The minimum atomic E-state index is 0.258. The molecule has 0 aromatic heterocycles. The van der Waals surface area contributed by atoms with Crippen LogP contribution in [0.25, 0.3) is 0 Å². The molecule has 0 saturated heterocycles. The Morgan fingerprint density at radius 3 is 2.83 bits per heavy atom. The molecule has 0 amide bonds. The molecule has 1 heterocycles. The molecule has 0 fully saturated rings. The number of hydrogen-bond donors (Lipinski definition) is 1. The quantitative estimate of drug-likeness (QED) is 0.838. The summed E-state index contributed by atoms with van der Waals surface area (Å²) in [5, 5.41) is 3.28. The Morgan fingerprint density at radius 1 is 1.33 bits per heavy atom. The number of para-hydroxylation sites is 1. The summed E-state index contributed by atoms with van der Waals surface area (Å²) in [5.41, 5.74) is 0. The number of hydrogen-bond acceptors (Lipinski definition) is 3. The molecule has 2 rings (SSSR count). The Balaban J connectivity index is 1.79. The van der Waals surface area contributed by atoms with Gasteiger partial charge in [0.1, 0.15) is 11.5 Å². The van der Waals surface area contributed by atoms with Crippen molar-refractivity contribution in [2.24, 2.45) is 0 Å². The summed E-state index contributed by atoms with van der Waals surface area (Å²) in [4.78, 5) is 0. The maximum absolute atomic E-state index is 5.71. The lowest BCUT2D eigenvalue weighted by molar-refractivity contribution is 0.160. The summed E-state index contributed by atoms with van der Waals surface area (Å²) in [7, 11) is 1.96. The van der Waals surface area contributed by atoms with Gasteiger partial charge in [-0.2, -0.15) is 0 Å². The molecule has 1 aromatic rings. The van der Waals surface area contributed by atoms with E-state index in [0.717, 1.165) is 37.4 Å². The highest BCUT2D eigenvalue weighted by Gasteiger charge is 2.15. The molecule has 1 unspecified atom stereocenters. The second-order valence-electron chi connectivity index (χ2n) is 4.39. The lowest BCUT2D eigenvalue weighted by Gasteiger charge is -2.23. The minimum Gasteiger partial charge on any atom is -0.497 e. The van der Waals surface area contributed by atoms with Crippen molar-refractivity contribution in [3.8, 4) is 5.75 Å². The van der Waals surface area contributed by atoms with Gasteiger partial charge in [-0.3, -0.25) is 0 Å². The first-order valence-corrected chi connectivity index (χ1v) is 6.58. The van der Waals surface area contributed by atoms with Gasteiger partial charge in [0, 0.05) is 6.42 Å². The smallest absolute Gasteiger partial charge is 0.119 e. The largest absolute Gasteiger partial charge is 0.497 e. The Labute approximate surface area is 109 Å². The topological polar surface area (TPSA) is 30.5 Å². The molecular weight excluding hydrogens is 226 g/mol. The standard InChI is InChI=1S/C15H21NO2/c1-16-14(15-9-5-6-11-18-15)10-12-17-13-7-3-2-4-8-13/h2-4,7-9,14,16H,5-6,10-12H2,1H3. The van der Waals surface area contributed by atoms with E-state index in [2.05, 4.69) is 11.4 Å². The van der Waals surface area contributed by atoms with E-state index in [1.54, 1.807) is 0 Å².